The smallest absolute Gasteiger partial charge is 0.278 e. The molecule has 0 saturated heterocycles. The van der Waals surface area contributed by atoms with Gasteiger partial charge in [-0.15, -0.1) is 0 Å². The number of ether oxygens (including phenoxy) is 3. The number of hydrogen-bond donors (Lipinski definition) is 1. The first kappa shape index (κ1) is 29.8. The van der Waals surface area contributed by atoms with Crippen LogP contribution in [0.1, 0.15) is 28.5 Å². The lowest BCUT2D eigenvalue weighted by molar-refractivity contribution is 0.0391. The zero-order valence-electron chi connectivity index (χ0n) is 22.0. The van der Waals surface area contributed by atoms with Crippen molar-refractivity contribution in [2.75, 3.05) is 26.6 Å². The van der Waals surface area contributed by atoms with E-state index in [1.165, 1.54) is 11.0 Å². The number of nitrogens with zero attached hydrogens (tertiary/aromatic N) is 2. The molecular weight excluding hydrogens is 548 g/mol. The number of halogens is 1. The summed E-state index contributed by atoms with van der Waals surface area (Å²) in [5, 5.41) is 10.2. The number of aliphatic hydroxyl groups is 1. The molecule has 11 heteroatoms. The molecular formula is C24H39BrN2O6Si2. The quantitative estimate of drug-likeness (QED) is 0.200. The van der Waals surface area contributed by atoms with Gasteiger partial charge in [0.2, 0.25) is 0 Å². The minimum atomic E-state index is -1.32. The molecule has 2 heterocycles. The van der Waals surface area contributed by atoms with Crippen LogP contribution in [0.25, 0.3) is 5.76 Å². The van der Waals surface area contributed by atoms with E-state index in [1.807, 2.05) is 12.9 Å². The van der Waals surface area contributed by atoms with Gasteiger partial charge in [0.25, 0.3) is 5.91 Å². The third-order valence-corrected chi connectivity index (χ3v) is 9.86. The second-order valence-electron chi connectivity index (χ2n) is 10.9. The maximum atomic E-state index is 13.8. The number of hydrogen-bond acceptors (Lipinski definition) is 6. The Labute approximate surface area is 219 Å². The minimum Gasteiger partial charge on any atom is -0.493 e. The van der Waals surface area contributed by atoms with Crippen molar-refractivity contribution in [2.45, 2.75) is 71.6 Å². The van der Waals surface area contributed by atoms with E-state index in [9.17, 15) is 14.7 Å². The number of carbonyl (C=O) groups excluding carboxylic acids is 2. The van der Waals surface area contributed by atoms with Crippen molar-refractivity contribution in [3.8, 4) is 0 Å². The highest BCUT2D eigenvalue weighted by Gasteiger charge is 2.36. The average Bonchev–Trinajstić information content (AvgIpc) is 2.98. The maximum absolute atomic E-state index is 13.8. The summed E-state index contributed by atoms with van der Waals surface area (Å²) in [6.07, 6.45) is 1.49. The van der Waals surface area contributed by atoms with Crippen molar-refractivity contribution >= 4 is 49.7 Å². The Morgan fingerprint density at radius 2 is 1.60 bits per heavy atom. The van der Waals surface area contributed by atoms with Crippen LogP contribution in [-0.2, 0) is 32.3 Å². The predicted octanol–water partition coefficient (Wildman–Crippen LogP) is 4.92. The van der Waals surface area contributed by atoms with Gasteiger partial charge in [-0.25, -0.2) is 4.79 Å². The van der Waals surface area contributed by atoms with Crippen molar-refractivity contribution in [1.82, 2.24) is 9.47 Å². The zero-order chi connectivity index (χ0) is 26.4. The van der Waals surface area contributed by atoms with E-state index in [2.05, 4.69) is 55.2 Å². The predicted molar refractivity (Wildman–Crippen MR) is 146 cm³/mol. The molecule has 2 rings (SSSR count). The molecule has 0 aliphatic carbocycles. The van der Waals surface area contributed by atoms with Gasteiger partial charge in [0, 0.05) is 41.0 Å². The van der Waals surface area contributed by atoms with Crippen LogP contribution in [0.15, 0.2) is 16.4 Å². The third kappa shape index (κ3) is 8.01. The largest absolute Gasteiger partial charge is 0.493 e. The summed E-state index contributed by atoms with van der Waals surface area (Å²) < 4.78 is 19.8. The van der Waals surface area contributed by atoms with Crippen molar-refractivity contribution in [1.29, 1.82) is 0 Å². The zero-order valence-corrected chi connectivity index (χ0v) is 25.6. The molecule has 35 heavy (non-hydrogen) atoms. The molecule has 1 amide bonds. The van der Waals surface area contributed by atoms with Crippen LogP contribution >= 0.6 is 15.9 Å². The standard InChI is InChI=1S/C24H39BrN2O6Si2/c1-8-33-20-13-18(14-28)26(16-31-9-11-34(2,3)4)24(30)22-21(20)19(15-29)23(25)27(22)17-32-10-12-35(5,6)7/h13,29H,8-12,15-17H2,1-7H3. The average molecular weight is 588 g/mol. The number of fused-ring (bicyclic) bond motifs is 1. The Morgan fingerprint density at radius 3 is 2.09 bits per heavy atom. The maximum Gasteiger partial charge on any atom is 0.278 e. The first-order valence-electron chi connectivity index (χ1n) is 11.9. The molecule has 196 valence electrons. The SMILES string of the molecule is CCOC1=CC(=C=O)N(COCC[Si](C)(C)C)C(=O)c2c1c(CO)c(Br)n2COCC[Si](C)(C)C. The summed E-state index contributed by atoms with van der Waals surface area (Å²) >= 11 is 3.55. The van der Waals surface area contributed by atoms with E-state index in [1.54, 1.807) is 4.57 Å². The van der Waals surface area contributed by atoms with Crippen LogP contribution in [0, 0.1) is 0 Å². The van der Waals surface area contributed by atoms with Gasteiger partial charge in [0.05, 0.1) is 23.4 Å². The molecule has 1 aliphatic heterocycles. The van der Waals surface area contributed by atoms with Crippen LogP contribution in [0.4, 0.5) is 0 Å². The van der Waals surface area contributed by atoms with Gasteiger partial charge in [-0.2, -0.15) is 0 Å². The van der Waals surface area contributed by atoms with E-state index in [0.717, 1.165) is 12.1 Å². The Kier molecular flexibility index (Phi) is 10.8. The third-order valence-electron chi connectivity index (χ3n) is 5.54. The van der Waals surface area contributed by atoms with Gasteiger partial charge < -0.3 is 23.9 Å². The molecule has 1 aliphatic rings. The molecule has 0 bridgehead atoms. The van der Waals surface area contributed by atoms with Crippen LogP contribution in [-0.4, -0.2) is 69.1 Å². The number of amides is 1. The lowest BCUT2D eigenvalue weighted by Crippen LogP contribution is -2.34. The van der Waals surface area contributed by atoms with Crippen LogP contribution in [0.5, 0.6) is 0 Å². The Hall–Kier alpha value is -1.47. The van der Waals surface area contributed by atoms with E-state index in [-0.39, 0.29) is 31.5 Å². The summed E-state index contributed by atoms with van der Waals surface area (Å²) in [7, 11) is -2.61. The number of allylic oxidation sites excluding steroid dienone is 1. The molecule has 0 radical (unpaired) electrons. The van der Waals surface area contributed by atoms with E-state index >= 15 is 0 Å². The molecule has 0 unspecified atom stereocenters. The molecule has 0 spiro atoms. The molecule has 0 atom stereocenters. The summed E-state index contributed by atoms with van der Waals surface area (Å²) in [5.74, 6) is 1.75. The number of aromatic nitrogens is 1. The fourth-order valence-electron chi connectivity index (χ4n) is 3.46. The van der Waals surface area contributed by atoms with Gasteiger partial charge in [0.1, 0.15) is 30.6 Å². The van der Waals surface area contributed by atoms with Crippen molar-refractivity contribution in [3.05, 3.63) is 33.2 Å². The highest BCUT2D eigenvalue weighted by Crippen LogP contribution is 2.38. The van der Waals surface area contributed by atoms with E-state index in [4.69, 9.17) is 14.2 Å². The van der Waals surface area contributed by atoms with Crippen LogP contribution < -0.4 is 0 Å². The first-order valence-corrected chi connectivity index (χ1v) is 20.1. The topological polar surface area (TPSA) is 90.2 Å². The van der Waals surface area contributed by atoms with Crippen molar-refractivity contribution < 1.29 is 28.9 Å². The Bertz CT molecular complexity index is 988. The normalized spacial score (nSPS) is 14.5. The summed E-state index contributed by atoms with van der Waals surface area (Å²) in [5.41, 5.74) is 1.23. The molecule has 0 aromatic carbocycles. The van der Waals surface area contributed by atoms with Gasteiger partial charge in [-0.1, -0.05) is 39.3 Å². The number of aliphatic hydroxyl groups excluding tert-OH is 1. The lowest BCUT2D eigenvalue weighted by atomic mass is 10.1. The second-order valence-corrected chi connectivity index (χ2v) is 22.9. The fourth-order valence-corrected chi connectivity index (χ4v) is 5.57. The van der Waals surface area contributed by atoms with Crippen LogP contribution in [0.3, 0.4) is 0 Å². The summed E-state index contributed by atoms with van der Waals surface area (Å²) in [6, 6.07) is 1.91. The Balaban J connectivity index is 2.48. The van der Waals surface area contributed by atoms with E-state index in [0.29, 0.717) is 41.3 Å². The van der Waals surface area contributed by atoms with Gasteiger partial charge in [0.15, 0.2) is 5.94 Å². The molecule has 1 aromatic rings. The van der Waals surface area contributed by atoms with Crippen LogP contribution in [0.2, 0.25) is 51.4 Å². The summed E-state index contributed by atoms with van der Waals surface area (Å²) in [4.78, 5) is 27.0. The van der Waals surface area contributed by atoms with Gasteiger partial charge >= 0.3 is 0 Å². The van der Waals surface area contributed by atoms with Crippen molar-refractivity contribution in [2.24, 2.45) is 0 Å². The molecule has 8 nitrogen and oxygen atoms in total. The van der Waals surface area contributed by atoms with Gasteiger partial charge in [-0.05, 0) is 34.9 Å². The second kappa shape index (κ2) is 12.7. The van der Waals surface area contributed by atoms with Gasteiger partial charge in [-0.3, -0.25) is 9.69 Å². The Morgan fingerprint density at radius 1 is 1.03 bits per heavy atom. The number of carbonyl (C=O) groups is 1. The highest BCUT2D eigenvalue weighted by molar-refractivity contribution is 9.10. The summed E-state index contributed by atoms with van der Waals surface area (Å²) in [6.45, 7) is 16.5. The monoisotopic (exact) mass is 586 g/mol. The molecule has 1 N–H and O–H groups in total. The highest BCUT2D eigenvalue weighted by atomic mass is 79.9. The molecule has 0 saturated carbocycles. The fraction of sp³-hybridized carbons (Fsp3) is 0.625. The van der Waals surface area contributed by atoms with E-state index < -0.39 is 22.1 Å². The van der Waals surface area contributed by atoms with Crippen molar-refractivity contribution in [3.63, 3.8) is 0 Å². The lowest BCUT2D eigenvalue weighted by Gasteiger charge is -2.23. The minimum absolute atomic E-state index is 0.0221. The first-order chi connectivity index (χ1) is 16.3. The number of rotatable bonds is 13. The molecule has 0 fully saturated rings. The molecule has 1 aromatic heterocycles.